The van der Waals surface area contributed by atoms with E-state index in [0.717, 1.165) is 22.2 Å². The third kappa shape index (κ3) is 3.58. The molecule has 0 aliphatic rings. The first kappa shape index (κ1) is 18.0. The van der Waals surface area contributed by atoms with E-state index in [1.807, 2.05) is 18.2 Å². The molecule has 0 bridgehead atoms. The van der Waals surface area contributed by atoms with E-state index in [2.05, 4.69) is 40.9 Å². The van der Waals surface area contributed by atoms with Crippen LogP contribution in [0.4, 0.5) is 5.95 Å². The molecule has 1 aromatic heterocycles. The Morgan fingerprint density at radius 1 is 1.00 bits per heavy atom. The van der Waals surface area contributed by atoms with Crippen LogP contribution in [0.25, 0.3) is 22.2 Å². The molecule has 0 amide bonds. The van der Waals surface area contributed by atoms with Gasteiger partial charge in [0, 0.05) is 16.0 Å². The Morgan fingerprint density at radius 2 is 1.75 bits per heavy atom. The third-order valence-electron chi connectivity index (χ3n) is 3.66. The highest BCUT2D eigenvalue weighted by atomic mass is 35.5. The number of hydrogen-bond acceptors (Lipinski definition) is 3. The minimum absolute atomic E-state index is 0. The lowest BCUT2D eigenvalue weighted by atomic mass is 10.0. The first-order valence-electron chi connectivity index (χ1n) is 7.08. The van der Waals surface area contributed by atoms with Gasteiger partial charge in [0.2, 0.25) is 0 Å². The van der Waals surface area contributed by atoms with Crippen molar-refractivity contribution in [2.75, 3.05) is 0 Å². The summed E-state index contributed by atoms with van der Waals surface area (Å²) in [7, 11) is 0. The van der Waals surface area contributed by atoms with E-state index >= 15 is 0 Å². The number of nitrogens with zero attached hydrogens (tertiary/aromatic N) is 3. The molecule has 4 N–H and O–H groups in total. The molecule has 0 aliphatic carbocycles. The molecular weight excluding hydrogens is 345 g/mol. The van der Waals surface area contributed by atoms with Gasteiger partial charge in [0.15, 0.2) is 5.96 Å². The minimum atomic E-state index is -0.0793. The van der Waals surface area contributed by atoms with Gasteiger partial charge in [-0.2, -0.15) is 4.99 Å². The summed E-state index contributed by atoms with van der Waals surface area (Å²) < 4.78 is 0. The molecule has 0 radical (unpaired) electrons. The summed E-state index contributed by atoms with van der Waals surface area (Å²) in [6.45, 7) is 4.13. The molecule has 3 rings (SSSR count). The standard InChI is InChI=1S/C17H16ClN5.ClH/c1-9-3-4-11(7-10(9)2)15-13-8-12(18)5-6-14(13)21-17(22-15)23-16(19)20;/h3-8H,1-2H3,(H4,19,20,21,22,23);1H. The number of aryl methyl sites for hydroxylation is 2. The van der Waals surface area contributed by atoms with Gasteiger partial charge in [-0.05, 0) is 49.2 Å². The summed E-state index contributed by atoms with van der Waals surface area (Å²) in [5.74, 6) is 0.150. The molecule has 0 saturated carbocycles. The average molecular weight is 362 g/mol. The van der Waals surface area contributed by atoms with Gasteiger partial charge in [-0.15, -0.1) is 12.4 Å². The summed E-state index contributed by atoms with van der Waals surface area (Å²) in [4.78, 5) is 12.8. The number of aromatic nitrogens is 2. The predicted octanol–water partition coefficient (Wildman–Crippen LogP) is 3.89. The summed E-state index contributed by atoms with van der Waals surface area (Å²) in [6.07, 6.45) is 0. The van der Waals surface area contributed by atoms with Gasteiger partial charge in [-0.1, -0.05) is 23.7 Å². The molecule has 124 valence electrons. The summed E-state index contributed by atoms with van der Waals surface area (Å²) >= 11 is 6.14. The van der Waals surface area contributed by atoms with Crippen molar-refractivity contribution in [3.63, 3.8) is 0 Å². The average Bonchev–Trinajstić information content (AvgIpc) is 2.49. The van der Waals surface area contributed by atoms with Crippen LogP contribution in [-0.2, 0) is 0 Å². The number of aliphatic imine (C=N–C) groups is 1. The van der Waals surface area contributed by atoms with Gasteiger partial charge in [-0.25, -0.2) is 9.97 Å². The Bertz CT molecular complexity index is 934. The lowest BCUT2D eigenvalue weighted by molar-refractivity contribution is 1.17. The lowest BCUT2D eigenvalue weighted by Gasteiger charge is -2.09. The van der Waals surface area contributed by atoms with Crippen molar-refractivity contribution in [1.82, 2.24) is 9.97 Å². The largest absolute Gasteiger partial charge is 0.370 e. The molecule has 0 atom stereocenters. The normalized spacial score (nSPS) is 10.3. The first-order valence-corrected chi connectivity index (χ1v) is 7.46. The number of rotatable bonds is 2. The van der Waals surface area contributed by atoms with Crippen LogP contribution >= 0.6 is 24.0 Å². The lowest BCUT2D eigenvalue weighted by Crippen LogP contribution is -2.22. The molecule has 24 heavy (non-hydrogen) atoms. The molecule has 7 heteroatoms. The fourth-order valence-corrected chi connectivity index (χ4v) is 2.53. The van der Waals surface area contributed by atoms with Crippen LogP contribution in [0.15, 0.2) is 41.4 Å². The molecule has 2 aromatic carbocycles. The number of benzene rings is 2. The zero-order valence-electron chi connectivity index (χ0n) is 13.2. The Morgan fingerprint density at radius 3 is 2.42 bits per heavy atom. The van der Waals surface area contributed by atoms with Crippen molar-refractivity contribution in [3.05, 3.63) is 52.5 Å². The highest BCUT2D eigenvalue weighted by molar-refractivity contribution is 6.31. The van der Waals surface area contributed by atoms with Gasteiger partial charge >= 0.3 is 0 Å². The zero-order chi connectivity index (χ0) is 16.6. The van der Waals surface area contributed by atoms with Gasteiger partial charge < -0.3 is 11.5 Å². The molecule has 0 aliphatic heterocycles. The Balaban J connectivity index is 0.00000208. The molecule has 0 unspecified atom stereocenters. The van der Waals surface area contributed by atoms with E-state index in [0.29, 0.717) is 5.02 Å². The molecule has 0 saturated heterocycles. The Hall–Kier alpha value is -2.37. The van der Waals surface area contributed by atoms with Gasteiger partial charge in [0.05, 0.1) is 11.2 Å². The van der Waals surface area contributed by atoms with Crippen molar-refractivity contribution in [2.45, 2.75) is 13.8 Å². The van der Waals surface area contributed by atoms with Crippen LogP contribution in [0.5, 0.6) is 0 Å². The number of nitrogens with two attached hydrogens (primary N) is 2. The van der Waals surface area contributed by atoms with Crippen molar-refractivity contribution in [3.8, 4) is 11.3 Å². The summed E-state index contributed by atoms with van der Waals surface area (Å²) in [5, 5.41) is 1.48. The molecule has 0 fully saturated rings. The van der Waals surface area contributed by atoms with Crippen molar-refractivity contribution < 1.29 is 0 Å². The Kier molecular flexibility index (Phi) is 5.26. The summed E-state index contributed by atoms with van der Waals surface area (Å²) in [5.41, 5.74) is 15.8. The van der Waals surface area contributed by atoms with Gasteiger partial charge in [-0.3, -0.25) is 0 Å². The molecule has 5 nitrogen and oxygen atoms in total. The second-order valence-corrected chi connectivity index (χ2v) is 5.81. The van der Waals surface area contributed by atoms with Gasteiger partial charge in [0.25, 0.3) is 5.95 Å². The quantitative estimate of drug-likeness (QED) is 0.534. The fourth-order valence-electron chi connectivity index (χ4n) is 2.36. The van der Waals surface area contributed by atoms with Crippen molar-refractivity contribution in [2.24, 2.45) is 16.5 Å². The molecular formula is C17H17Cl2N5. The van der Waals surface area contributed by atoms with Crippen LogP contribution in [0.3, 0.4) is 0 Å². The SMILES string of the molecule is Cc1ccc(-c2nc(N=C(N)N)nc3ccc(Cl)cc23)cc1C.Cl. The van der Waals surface area contributed by atoms with Crippen molar-refractivity contribution >= 4 is 46.8 Å². The maximum Gasteiger partial charge on any atom is 0.253 e. The van der Waals surface area contributed by atoms with E-state index in [1.165, 1.54) is 11.1 Å². The minimum Gasteiger partial charge on any atom is -0.370 e. The number of fused-ring (bicyclic) bond motifs is 1. The van der Waals surface area contributed by atoms with Crippen molar-refractivity contribution in [1.29, 1.82) is 0 Å². The van der Waals surface area contributed by atoms with E-state index in [9.17, 15) is 0 Å². The van der Waals surface area contributed by atoms with Crippen LogP contribution < -0.4 is 11.5 Å². The topological polar surface area (TPSA) is 90.2 Å². The summed E-state index contributed by atoms with van der Waals surface area (Å²) in [6, 6.07) is 11.6. The number of guanidine groups is 1. The molecule has 0 spiro atoms. The first-order chi connectivity index (χ1) is 10.9. The van der Waals surface area contributed by atoms with Crippen LogP contribution in [0, 0.1) is 13.8 Å². The van der Waals surface area contributed by atoms with Crippen LogP contribution in [-0.4, -0.2) is 15.9 Å². The smallest absolute Gasteiger partial charge is 0.253 e. The van der Waals surface area contributed by atoms with Crippen LogP contribution in [0.2, 0.25) is 5.02 Å². The van der Waals surface area contributed by atoms with Gasteiger partial charge in [0.1, 0.15) is 0 Å². The zero-order valence-corrected chi connectivity index (χ0v) is 14.8. The van der Waals surface area contributed by atoms with E-state index in [4.69, 9.17) is 23.1 Å². The fraction of sp³-hybridized carbons (Fsp3) is 0.118. The number of hydrogen-bond donors (Lipinski definition) is 2. The van der Waals surface area contributed by atoms with Crippen LogP contribution in [0.1, 0.15) is 11.1 Å². The van der Waals surface area contributed by atoms with E-state index in [1.54, 1.807) is 6.07 Å². The second-order valence-electron chi connectivity index (χ2n) is 5.37. The third-order valence-corrected chi connectivity index (χ3v) is 3.89. The number of halogens is 2. The van der Waals surface area contributed by atoms with E-state index < -0.39 is 0 Å². The molecule has 3 aromatic rings. The highest BCUT2D eigenvalue weighted by Crippen LogP contribution is 2.31. The maximum absolute atomic E-state index is 6.14. The predicted molar refractivity (Wildman–Crippen MR) is 102 cm³/mol. The Labute approximate surface area is 151 Å². The second kappa shape index (κ2) is 7.03. The monoisotopic (exact) mass is 361 g/mol. The van der Waals surface area contributed by atoms with E-state index in [-0.39, 0.29) is 24.3 Å². The highest BCUT2D eigenvalue weighted by Gasteiger charge is 2.11. The molecule has 1 heterocycles. The maximum atomic E-state index is 6.14.